The van der Waals surface area contributed by atoms with Gasteiger partial charge in [0.15, 0.2) is 0 Å². The minimum Gasteiger partial charge on any atom is -0.398 e. The third-order valence-electron chi connectivity index (χ3n) is 2.62. The van der Waals surface area contributed by atoms with Crippen LogP contribution in [0.25, 0.3) is 0 Å². The maximum atomic E-state index is 12.2. The summed E-state index contributed by atoms with van der Waals surface area (Å²) in [5.74, 6) is 0.381. The number of benzene rings is 2. The van der Waals surface area contributed by atoms with Crippen LogP contribution >= 0.6 is 11.6 Å². The molecule has 0 aliphatic rings. The quantitative estimate of drug-likeness (QED) is 0.883. The summed E-state index contributed by atoms with van der Waals surface area (Å²) in [5, 5.41) is 9.12. The molecular formula is C14H11ClN2OS. The molecule has 3 nitrogen and oxygen atoms in total. The van der Waals surface area contributed by atoms with Crippen LogP contribution in [0, 0.1) is 11.3 Å². The van der Waals surface area contributed by atoms with E-state index in [0.29, 0.717) is 26.9 Å². The van der Waals surface area contributed by atoms with Gasteiger partial charge in [-0.15, -0.1) is 0 Å². The van der Waals surface area contributed by atoms with E-state index in [1.807, 2.05) is 6.07 Å². The Bertz CT molecular complexity index is 662. The maximum Gasteiger partial charge on any atom is 0.0991 e. The predicted molar refractivity (Wildman–Crippen MR) is 77.1 cm³/mol. The van der Waals surface area contributed by atoms with Crippen molar-refractivity contribution in [3.63, 3.8) is 0 Å². The van der Waals surface area contributed by atoms with Gasteiger partial charge in [0.2, 0.25) is 0 Å². The topological polar surface area (TPSA) is 66.9 Å². The van der Waals surface area contributed by atoms with E-state index in [9.17, 15) is 4.21 Å². The van der Waals surface area contributed by atoms with Gasteiger partial charge >= 0.3 is 0 Å². The number of nitrogen functional groups attached to an aromatic ring is 1. The number of hydrogen-bond acceptors (Lipinski definition) is 3. The van der Waals surface area contributed by atoms with Crippen molar-refractivity contribution in [3.8, 4) is 6.07 Å². The van der Waals surface area contributed by atoms with Gasteiger partial charge in [0.25, 0.3) is 0 Å². The predicted octanol–water partition coefficient (Wildman–Crippen LogP) is 3.10. The summed E-state index contributed by atoms with van der Waals surface area (Å²) in [6, 6.07) is 14.0. The van der Waals surface area contributed by atoms with Crippen molar-refractivity contribution in [3.05, 3.63) is 58.6 Å². The molecule has 2 aromatic carbocycles. The molecule has 2 aromatic rings. The Morgan fingerprint density at radius 3 is 2.47 bits per heavy atom. The highest BCUT2D eigenvalue weighted by atomic mass is 35.5. The van der Waals surface area contributed by atoms with Crippen molar-refractivity contribution in [1.29, 1.82) is 5.26 Å². The monoisotopic (exact) mass is 290 g/mol. The van der Waals surface area contributed by atoms with E-state index in [2.05, 4.69) is 0 Å². The smallest absolute Gasteiger partial charge is 0.0991 e. The van der Waals surface area contributed by atoms with Gasteiger partial charge in [-0.2, -0.15) is 5.26 Å². The molecule has 0 bridgehead atoms. The van der Waals surface area contributed by atoms with E-state index in [-0.39, 0.29) is 0 Å². The highest BCUT2D eigenvalue weighted by Crippen LogP contribution is 2.22. The fraction of sp³-hybridized carbons (Fsp3) is 0.0714. The van der Waals surface area contributed by atoms with E-state index >= 15 is 0 Å². The molecule has 0 saturated heterocycles. The van der Waals surface area contributed by atoms with Gasteiger partial charge in [-0.05, 0) is 35.9 Å². The fourth-order valence-corrected chi connectivity index (χ4v) is 2.94. The van der Waals surface area contributed by atoms with E-state index in [4.69, 9.17) is 22.6 Å². The van der Waals surface area contributed by atoms with Crippen LogP contribution in [0.15, 0.2) is 47.4 Å². The van der Waals surface area contributed by atoms with Gasteiger partial charge in [-0.1, -0.05) is 23.7 Å². The first kappa shape index (κ1) is 13.6. The molecule has 1 atom stereocenters. The Morgan fingerprint density at radius 1 is 1.21 bits per heavy atom. The second kappa shape index (κ2) is 5.87. The van der Waals surface area contributed by atoms with Crippen LogP contribution in [0.3, 0.4) is 0 Å². The average Bonchev–Trinajstić information content (AvgIpc) is 2.42. The molecule has 2 rings (SSSR count). The molecule has 0 aliphatic heterocycles. The number of rotatable bonds is 3. The number of anilines is 1. The molecular weight excluding hydrogens is 280 g/mol. The van der Waals surface area contributed by atoms with Crippen LogP contribution in [0.4, 0.5) is 5.69 Å². The Morgan fingerprint density at radius 2 is 1.89 bits per heavy atom. The van der Waals surface area contributed by atoms with Crippen molar-refractivity contribution in [2.24, 2.45) is 0 Å². The summed E-state index contributed by atoms with van der Waals surface area (Å²) in [6.07, 6.45) is 0. The summed E-state index contributed by atoms with van der Waals surface area (Å²) in [5.41, 5.74) is 7.58. The Labute approximate surface area is 119 Å². The molecule has 1 unspecified atom stereocenters. The van der Waals surface area contributed by atoms with E-state index in [0.717, 1.165) is 5.56 Å². The highest BCUT2D eigenvalue weighted by molar-refractivity contribution is 7.84. The van der Waals surface area contributed by atoms with Gasteiger partial charge in [0.1, 0.15) is 0 Å². The zero-order chi connectivity index (χ0) is 13.8. The molecule has 0 radical (unpaired) electrons. The molecule has 19 heavy (non-hydrogen) atoms. The number of hydrogen-bond donors (Lipinski definition) is 1. The normalized spacial score (nSPS) is 11.8. The molecule has 0 aromatic heterocycles. The lowest BCUT2D eigenvalue weighted by molar-refractivity contribution is 0.682. The summed E-state index contributed by atoms with van der Waals surface area (Å²) < 4.78 is 12.2. The van der Waals surface area contributed by atoms with Gasteiger partial charge < -0.3 is 5.73 Å². The Balaban J connectivity index is 2.16. The Hall–Kier alpha value is -1.83. The number of nitriles is 1. The van der Waals surface area contributed by atoms with Crippen LogP contribution in [0.5, 0.6) is 0 Å². The molecule has 0 spiro atoms. The third kappa shape index (κ3) is 3.34. The maximum absolute atomic E-state index is 12.2. The van der Waals surface area contributed by atoms with Crippen molar-refractivity contribution in [2.75, 3.05) is 5.73 Å². The minimum absolute atomic E-state index is 0.381. The fourth-order valence-electron chi connectivity index (χ4n) is 1.56. The van der Waals surface area contributed by atoms with Crippen molar-refractivity contribution >= 4 is 28.1 Å². The van der Waals surface area contributed by atoms with Crippen LogP contribution in [0.2, 0.25) is 5.02 Å². The zero-order valence-electron chi connectivity index (χ0n) is 9.97. The largest absolute Gasteiger partial charge is 0.398 e. The molecule has 0 aliphatic carbocycles. The molecule has 5 heteroatoms. The minimum atomic E-state index is -1.18. The van der Waals surface area contributed by atoms with Gasteiger partial charge in [0.05, 0.1) is 38.9 Å². The molecule has 2 N–H and O–H groups in total. The second-order valence-corrected chi connectivity index (χ2v) is 5.84. The number of nitrogens with two attached hydrogens (primary N) is 1. The SMILES string of the molecule is N#Cc1ccc(CS(=O)c2ccc(N)c(Cl)c2)cc1. The lowest BCUT2D eigenvalue weighted by Crippen LogP contribution is -1.97. The lowest BCUT2D eigenvalue weighted by atomic mass is 10.2. The molecule has 0 amide bonds. The average molecular weight is 291 g/mol. The van der Waals surface area contributed by atoms with Crippen LogP contribution in [0.1, 0.15) is 11.1 Å². The molecule has 0 saturated carbocycles. The molecule has 0 heterocycles. The van der Waals surface area contributed by atoms with Crippen LogP contribution in [-0.4, -0.2) is 4.21 Å². The first-order valence-electron chi connectivity index (χ1n) is 5.52. The summed E-state index contributed by atoms with van der Waals surface area (Å²) in [7, 11) is -1.18. The summed E-state index contributed by atoms with van der Waals surface area (Å²) in [4.78, 5) is 0.642. The third-order valence-corrected chi connectivity index (χ3v) is 4.32. The Kier molecular flexibility index (Phi) is 4.20. The van der Waals surface area contributed by atoms with E-state index in [1.165, 1.54) is 0 Å². The highest BCUT2D eigenvalue weighted by Gasteiger charge is 2.07. The van der Waals surface area contributed by atoms with Crippen molar-refractivity contribution in [2.45, 2.75) is 10.6 Å². The van der Waals surface area contributed by atoms with Crippen LogP contribution in [-0.2, 0) is 16.6 Å². The van der Waals surface area contributed by atoms with Gasteiger partial charge in [-0.3, -0.25) is 4.21 Å². The lowest BCUT2D eigenvalue weighted by Gasteiger charge is -2.05. The first-order valence-corrected chi connectivity index (χ1v) is 7.22. The molecule has 0 fully saturated rings. The molecule has 96 valence electrons. The van der Waals surface area contributed by atoms with Gasteiger partial charge in [-0.25, -0.2) is 0 Å². The van der Waals surface area contributed by atoms with E-state index in [1.54, 1.807) is 42.5 Å². The van der Waals surface area contributed by atoms with Gasteiger partial charge in [0, 0.05) is 4.90 Å². The second-order valence-electron chi connectivity index (χ2n) is 3.98. The van der Waals surface area contributed by atoms with Crippen molar-refractivity contribution < 1.29 is 4.21 Å². The van der Waals surface area contributed by atoms with Crippen LogP contribution < -0.4 is 5.73 Å². The zero-order valence-corrected chi connectivity index (χ0v) is 11.5. The number of nitrogens with zero attached hydrogens (tertiary/aromatic N) is 1. The number of halogens is 1. The first-order chi connectivity index (χ1) is 9.10. The van der Waals surface area contributed by atoms with Crippen molar-refractivity contribution in [1.82, 2.24) is 0 Å². The standard InChI is InChI=1S/C14H11ClN2OS/c15-13-7-12(5-6-14(13)17)19(18)9-11-3-1-10(8-16)2-4-11/h1-7H,9,17H2. The summed E-state index contributed by atoms with van der Waals surface area (Å²) in [6.45, 7) is 0. The van der Waals surface area contributed by atoms with E-state index < -0.39 is 10.8 Å². The summed E-state index contributed by atoms with van der Waals surface area (Å²) >= 11 is 5.90.